The van der Waals surface area contributed by atoms with Gasteiger partial charge in [0.2, 0.25) is 0 Å². The number of hydrogen-bond donors (Lipinski definition) is 1. The Kier molecular flexibility index (Phi) is 4.67. The van der Waals surface area contributed by atoms with Crippen LogP contribution in [-0.4, -0.2) is 7.05 Å². The molecular weight excluding hydrogens is 322 g/mol. The van der Waals surface area contributed by atoms with Crippen molar-refractivity contribution in [2.45, 2.75) is 19.9 Å². The van der Waals surface area contributed by atoms with E-state index in [0.29, 0.717) is 0 Å². The number of rotatable bonds is 3. The lowest BCUT2D eigenvalue weighted by Crippen LogP contribution is -2.18. The van der Waals surface area contributed by atoms with E-state index in [0.717, 1.165) is 9.50 Å². The van der Waals surface area contributed by atoms with Gasteiger partial charge in [0.15, 0.2) is 0 Å². The lowest BCUT2D eigenvalue weighted by Gasteiger charge is -2.20. The van der Waals surface area contributed by atoms with Crippen LogP contribution in [-0.2, 0) is 0 Å². The Balaban J connectivity index is 2.47. The van der Waals surface area contributed by atoms with Crippen LogP contribution in [0.5, 0.6) is 0 Å². The standard InChI is InChI=1S/C16H17BrClN/c1-10-9-15(17)11(2)8-14(10)16(19-3)12-4-6-13(18)7-5-12/h4-9,16,19H,1-3H3. The third-order valence-corrected chi connectivity index (χ3v) is 4.46. The van der Waals surface area contributed by atoms with Gasteiger partial charge in [-0.3, -0.25) is 0 Å². The van der Waals surface area contributed by atoms with Crippen LogP contribution in [0.2, 0.25) is 5.02 Å². The minimum atomic E-state index is 0.184. The Hall–Kier alpha value is -0.830. The molecule has 2 aromatic carbocycles. The molecule has 0 aliphatic rings. The molecule has 19 heavy (non-hydrogen) atoms. The Labute approximate surface area is 128 Å². The molecule has 1 unspecified atom stereocenters. The highest BCUT2D eigenvalue weighted by Crippen LogP contribution is 2.29. The summed E-state index contributed by atoms with van der Waals surface area (Å²) in [6.07, 6.45) is 0. The quantitative estimate of drug-likeness (QED) is 0.828. The van der Waals surface area contributed by atoms with Gasteiger partial charge in [0, 0.05) is 9.50 Å². The maximum absolute atomic E-state index is 5.96. The Morgan fingerprint density at radius 1 is 1.05 bits per heavy atom. The highest BCUT2D eigenvalue weighted by Gasteiger charge is 2.15. The molecule has 2 aromatic rings. The molecule has 0 aliphatic carbocycles. The van der Waals surface area contributed by atoms with E-state index in [-0.39, 0.29) is 6.04 Å². The van der Waals surface area contributed by atoms with Crippen molar-refractivity contribution in [3.8, 4) is 0 Å². The highest BCUT2D eigenvalue weighted by atomic mass is 79.9. The van der Waals surface area contributed by atoms with Crippen molar-refractivity contribution in [3.05, 3.63) is 68.1 Å². The molecular formula is C16H17BrClN. The normalized spacial score (nSPS) is 12.5. The van der Waals surface area contributed by atoms with E-state index >= 15 is 0 Å². The summed E-state index contributed by atoms with van der Waals surface area (Å²) in [5.41, 5.74) is 5.03. The zero-order valence-electron chi connectivity index (χ0n) is 11.3. The monoisotopic (exact) mass is 337 g/mol. The molecule has 0 saturated heterocycles. The van der Waals surface area contributed by atoms with Gasteiger partial charge in [0.1, 0.15) is 0 Å². The molecule has 0 bridgehead atoms. The minimum Gasteiger partial charge on any atom is -0.309 e. The molecule has 1 atom stereocenters. The summed E-state index contributed by atoms with van der Waals surface area (Å²) in [4.78, 5) is 0. The lowest BCUT2D eigenvalue weighted by atomic mass is 9.94. The predicted octanol–water partition coefficient (Wildman–Crippen LogP) is 5.03. The second kappa shape index (κ2) is 6.08. The third-order valence-electron chi connectivity index (χ3n) is 3.35. The van der Waals surface area contributed by atoms with Crippen LogP contribution >= 0.6 is 27.5 Å². The summed E-state index contributed by atoms with van der Waals surface area (Å²) >= 11 is 9.54. The zero-order valence-corrected chi connectivity index (χ0v) is 13.6. The van der Waals surface area contributed by atoms with Gasteiger partial charge in [-0.1, -0.05) is 45.7 Å². The number of hydrogen-bond acceptors (Lipinski definition) is 1. The van der Waals surface area contributed by atoms with Crippen molar-refractivity contribution in [2.24, 2.45) is 0 Å². The van der Waals surface area contributed by atoms with E-state index in [9.17, 15) is 0 Å². The molecule has 1 N–H and O–H groups in total. The number of halogens is 2. The van der Waals surface area contributed by atoms with Crippen LogP contribution in [0.4, 0.5) is 0 Å². The number of aryl methyl sites for hydroxylation is 2. The van der Waals surface area contributed by atoms with Crippen molar-refractivity contribution in [2.75, 3.05) is 7.05 Å². The fourth-order valence-corrected chi connectivity index (χ4v) is 2.86. The van der Waals surface area contributed by atoms with Gasteiger partial charge in [-0.05, 0) is 61.3 Å². The maximum Gasteiger partial charge on any atom is 0.0577 e. The minimum absolute atomic E-state index is 0.184. The molecule has 0 aromatic heterocycles. The molecule has 0 aliphatic heterocycles. The van der Waals surface area contributed by atoms with Crippen molar-refractivity contribution in [1.29, 1.82) is 0 Å². The van der Waals surface area contributed by atoms with Crippen LogP contribution in [0.3, 0.4) is 0 Å². The molecule has 0 amide bonds. The Bertz CT molecular complexity index is 578. The predicted molar refractivity (Wildman–Crippen MR) is 86.0 cm³/mol. The summed E-state index contributed by atoms with van der Waals surface area (Å²) in [5, 5.41) is 4.15. The summed E-state index contributed by atoms with van der Waals surface area (Å²) in [6, 6.07) is 12.6. The van der Waals surface area contributed by atoms with E-state index in [1.54, 1.807) is 0 Å². The summed E-state index contributed by atoms with van der Waals surface area (Å²) in [6.45, 7) is 4.25. The smallest absolute Gasteiger partial charge is 0.0577 e. The average Bonchev–Trinajstić information content (AvgIpc) is 2.38. The fraction of sp³-hybridized carbons (Fsp3) is 0.250. The Morgan fingerprint density at radius 2 is 1.68 bits per heavy atom. The fourth-order valence-electron chi connectivity index (χ4n) is 2.27. The van der Waals surface area contributed by atoms with Crippen LogP contribution in [0.1, 0.15) is 28.3 Å². The van der Waals surface area contributed by atoms with E-state index in [4.69, 9.17) is 11.6 Å². The van der Waals surface area contributed by atoms with Gasteiger partial charge in [-0.15, -0.1) is 0 Å². The SMILES string of the molecule is CNC(c1ccc(Cl)cc1)c1cc(C)c(Br)cc1C. The second-order valence-electron chi connectivity index (χ2n) is 4.73. The first-order chi connectivity index (χ1) is 9.02. The molecule has 0 fully saturated rings. The molecule has 100 valence electrons. The topological polar surface area (TPSA) is 12.0 Å². The van der Waals surface area contributed by atoms with Crippen LogP contribution in [0.25, 0.3) is 0 Å². The maximum atomic E-state index is 5.96. The van der Waals surface area contributed by atoms with Gasteiger partial charge in [-0.2, -0.15) is 0 Å². The van der Waals surface area contributed by atoms with Crippen molar-refractivity contribution in [3.63, 3.8) is 0 Å². The molecule has 0 saturated carbocycles. The van der Waals surface area contributed by atoms with Gasteiger partial charge in [0.25, 0.3) is 0 Å². The van der Waals surface area contributed by atoms with Crippen LogP contribution in [0.15, 0.2) is 40.9 Å². The molecule has 1 nitrogen and oxygen atoms in total. The number of benzene rings is 2. The van der Waals surface area contributed by atoms with Crippen molar-refractivity contribution < 1.29 is 0 Å². The van der Waals surface area contributed by atoms with Crippen molar-refractivity contribution in [1.82, 2.24) is 5.32 Å². The van der Waals surface area contributed by atoms with Gasteiger partial charge < -0.3 is 5.32 Å². The molecule has 2 rings (SSSR count). The first kappa shape index (κ1) is 14.6. The lowest BCUT2D eigenvalue weighted by molar-refractivity contribution is 0.687. The van der Waals surface area contributed by atoms with E-state index in [1.807, 2.05) is 19.2 Å². The molecule has 0 radical (unpaired) electrons. The largest absolute Gasteiger partial charge is 0.309 e. The van der Waals surface area contributed by atoms with E-state index in [2.05, 4.69) is 59.4 Å². The van der Waals surface area contributed by atoms with E-state index in [1.165, 1.54) is 22.3 Å². The Morgan fingerprint density at radius 3 is 2.26 bits per heavy atom. The third kappa shape index (κ3) is 3.19. The molecule has 0 heterocycles. The van der Waals surface area contributed by atoms with Gasteiger partial charge in [0.05, 0.1) is 6.04 Å². The van der Waals surface area contributed by atoms with E-state index < -0.39 is 0 Å². The number of nitrogens with one attached hydrogen (secondary N) is 1. The summed E-state index contributed by atoms with van der Waals surface area (Å²) in [7, 11) is 1.98. The summed E-state index contributed by atoms with van der Waals surface area (Å²) in [5.74, 6) is 0. The second-order valence-corrected chi connectivity index (χ2v) is 6.02. The zero-order chi connectivity index (χ0) is 14.0. The summed E-state index contributed by atoms with van der Waals surface area (Å²) < 4.78 is 1.15. The van der Waals surface area contributed by atoms with Gasteiger partial charge >= 0.3 is 0 Å². The van der Waals surface area contributed by atoms with Crippen LogP contribution < -0.4 is 5.32 Å². The molecule has 3 heteroatoms. The highest BCUT2D eigenvalue weighted by molar-refractivity contribution is 9.10. The van der Waals surface area contributed by atoms with Crippen LogP contribution in [0, 0.1) is 13.8 Å². The first-order valence-corrected chi connectivity index (χ1v) is 7.39. The molecule has 0 spiro atoms. The van der Waals surface area contributed by atoms with Gasteiger partial charge in [-0.25, -0.2) is 0 Å². The first-order valence-electron chi connectivity index (χ1n) is 6.22. The average molecular weight is 339 g/mol. The van der Waals surface area contributed by atoms with Crippen molar-refractivity contribution >= 4 is 27.5 Å².